The van der Waals surface area contributed by atoms with E-state index in [1.165, 1.54) is 5.56 Å². The molecule has 0 aliphatic rings. The number of ether oxygens (including phenoxy) is 1. The molecule has 2 aromatic heterocycles. The smallest absolute Gasteiger partial charge is 0.407 e. The Morgan fingerprint density at radius 1 is 1.36 bits per heavy atom. The molecule has 0 aromatic carbocycles. The zero-order chi connectivity index (χ0) is 16.0. The predicted molar refractivity (Wildman–Crippen MR) is 86.7 cm³/mol. The van der Waals surface area contributed by atoms with Gasteiger partial charge in [-0.05, 0) is 51.4 Å². The van der Waals surface area contributed by atoms with E-state index < -0.39 is 5.60 Å². The number of hydrogen-bond donors (Lipinski definition) is 3. The molecule has 0 bridgehead atoms. The van der Waals surface area contributed by atoms with E-state index in [1.54, 1.807) is 6.20 Å². The van der Waals surface area contributed by atoms with Crippen molar-refractivity contribution in [1.82, 2.24) is 20.6 Å². The van der Waals surface area contributed by atoms with Crippen LogP contribution in [0.1, 0.15) is 32.8 Å². The van der Waals surface area contributed by atoms with E-state index in [9.17, 15) is 4.79 Å². The van der Waals surface area contributed by atoms with E-state index in [2.05, 4.69) is 26.7 Å². The summed E-state index contributed by atoms with van der Waals surface area (Å²) in [6.45, 7) is 7.75. The molecule has 0 aliphatic heterocycles. The van der Waals surface area contributed by atoms with Crippen LogP contribution in [-0.4, -0.2) is 34.8 Å². The van der Waals surface area contributed by atoms with Crippen molar-refractivity contribution in [2.45, 2.75) is 39.3 Å². The number of carbonyl (C=O) groups excluding carboxylic acids is 1. The van der Waals surface area contributed by atoms with Crippen LogP contribution in [0.15, 0.2) is 24.5 Å². The monoisotopic (exact) mass is 304 g/mol. The number of pyridine rings is 1. The number of hydrogen-bond acceptors (Lipinski definition) is 4. The Kier molecular flexibility index (Phi) is 5.38. The number of rotatable bonds is 6. The first-order valence-corrected chi connectivity index (χ1v) is 7.54. The van der Waals surface area contributed by atoms with Crippen LogP contribution in [0.25, 0.3) is 11.0 Å². The largest absolute Gasteiger partial charge is 0.444 e. The van der Waals surface area contributed by atoms with Crippen molar-refractivity contribution in [2.75, 3.05) is 13.1 Å². The lowest BCUT2D eigenvalue weighted by Crippen LogP contribution is -2.33. The molecule has 2 heterocycles. The molecule has 3 N–H and O–H groups in total. The van der Waals surface area contributed by atoms with Gasteiger partial charge in [0.05, 0.1) is 0 Å². The normalized spacial score (nSPS) is 11.6. The zero-order valence-corrected chi connectivity index (χ0v) is 13.4. The van der Waals surface area contributed by atoms with E-state index >= 15 is 0 Å². The summed E-state index contributed by atoms with van der Waals surface area (Å²) < 4.78 is 5.17. The summed E-state index contributed by atoms with van der Waals surface area (Å²) in [6.07, 6.45) is 4.23. The predicted octanol–water partition coefficient (Wildman–Crippen LogP) is 2.57. The number of amides is 1. The fourth-order valence-corrected chi connectivity index (χ4v) is 2.10. The fraction of sp³-hybridized carbons (Fsp3) is 0.500. The third-order valence-corrected chi connectivity index (χ3v) is 3.05. The molecule has 6 heteroatoms. The van der Waals surface area contributed by atoms with E-state index in [0.717, 1.165) is 30.5 Å². The van der Waals surface area contributed by atoms with Crippen LogP contribution in [-0.2, 0) is 11.3 Å². The van der Waals surface area contributed by atoms with E-state index in [4.69, 9.17) is 4.74 Å². The van der Waals surface area contributed by atoms with Crippen molar-refractivity contribution in [1.29, 1.82) is 0 Å². The van der Waals surface area contributed by atoms with Crippen molar-refractivity contribution < 1.29 is 9.53 Å². The molecule has 0 saturated carbocycles. The minimum atomic E-state index is -0.453. The van der Waals surface area contributed by atoms with Crippen molar-refractivity contribution >= 4 is 17.1 Å². The summed E-state index contributed by atoms with van der Waals surface area (Å²) in [5.74, 6) is 0. The third kappa shape index (κ3) is 5.04. The molecule has 0 saturated heterocycles. The molecule has 0 aliphatic carbocycles. The minimum Gasteiger partial charge on any atom is -0.444 e. The van der Waals surface area contributed by atoms with Gasteiger partial charge in [0.15, 0.2) is 0 Å². The number of alkyl carbamates (subject to hydrolysis) is 1. The lowest BCUT2D eigenvalue weighted by Gasteiger charge is -2.19. The Balaban J connectivity index is 1.63. The van der Waals surface area contributed by atoms with E-state index in [-0.39, 0.29) is 6.09 Å². The van der Waals surface area contributed by atoms with Crippen molar-refractivity contribution in [3.8, 4) is 0 Å². The standard InChI is InChI=1S/C16H24N4O2/c1-16(2,3)22-15(21)19-9-5-7-17-10-12-11-20-14-13(12)6-4-8-18-14/h4,6,8,11,17H,5,7,9-10H2,1-3H3,(H,18,20)(H,19,21). The number of fused-ring (bicyclic) bond motifs is 1. The van der Waals surface area contributed by atoms with Gasteiger partial charge in [-0.1, -0.05) is 0 Å². The van der Waals surface area contributed by atoms with Gasteiger partial charge in [0.2, 0.25) is 0 Å². The van der Waals surface area contributed by atoms with Gasteiger partial charge in [-0.2, -0.15) is 0 Å². The summed E-state index contributed by atoms with van der Waals surface area (Å²) in [6, 6.07) is 3.99. The summed E-state index contributed by atoms with van der Waals surface area (Å²) >= 11 is 0. The first-order chi connectivity index (χ1) is 10.5. The van der Waals surface area contributed by atoms with Crippen LogP contribution in [0.2, 0.25) is 0 Å². The zero-order valence-electron chi connectivity index (χ0n) is 13.4. The first-order valence-electron chi connectivity index (χ1n) is 7.54. The molecule has 6 nitrogen and oxygen atoms in total. The summed E-state index contributed by atoms with van der Waals surface area (Å²) in [4.78, 5) is 18.9. The molecule has 0 spiro atoms. The summed E-state index contributed by atoms with van der Waals surface area (Å²) in [7, 11) is 0. The highest BCUT2D eigenvalue weighted by Crippen LogP contribution is 2.14. The van der Waals surface area contributed by atoms with Gasteiger partial charge in [-0.25, -0.2) is 9.78 Å². The second-order valence-corrected chi connectivity index (χ2v) is 6.17. The van der Waals surface area contributed by atoms with Gasteiger partial charge >= 0.3 is 6.09 Å². The molecule has 0 radical (unpaired) electrons. The van der Waals surface area contributed by atoms with Crippen LogP contribution in [0.3, 0.4) is 0 Å². The Bertz CT molecular complexity index is 616. The molecule has 0 fully saturated rings. The van der Waals surface area contributed by atoms with Gasteiger partial charge < -0.3 is 20.4 Å². The van der Waals surface area contributed by atoms with Crippen LogP contribution in [0.5, 0.6) is 0 Å². The van der Waals surface area contributed by atoms with Crippen LogP contribution >= 0.6 is 0 Å². The van der Waals surface area contributed by atoms with E-state index in [0.29, 0.717) is 6.54 Å². The van der Waals surface area contributed by atoms with Gasteiger partial charge in [0.1, 0.15) is 11.2 Å². The molecule has 120 valence electrons. The molecule has 2 rings (SSSR count). The third-order valence-electron chi connectivity index (χ3n) is 3.05. The summed E-state index contributed by atoms with van der Waals surface area (Å²) in [5.41, 5.74) is 1.65. The van der Waals surface area contributed by atoms with Crippen LogP contribution in [0.4, 0.5) is 4.79 Å². The quantitative estimate of drug-likeness (QED) is 0.717. The second kappa shape index (κ2) is 7.26. The maximum absolute atomic E-state index is 11.5. The highest BCUT2D eigenvalue weighted by molar-refractivity contribution is 5.79. The minimum absolute atomic E-state index is 0.366. The van der Waals surface area contributed by atoms with E-state index in [1.807, 2.05) is 33.0 Å². The molecule has 0 unspecified atom stereocenters. The number of H-pyrrole nitrogens is 1. The number of nitrogens with one attached hydrogen (secondary N) is 3. The van der Waals surface area contributed by atoms with Gasteiger partial charge in [-0.3, -0.25) is 0 Å². The van der Waals surface area contributed by atoms with Crippen molar-refractivity contribution in [3.05, 3.63) is 30.1 Å². The average Bonchev–Trinajstić information content (AvgIpc) is 2.84. The van der Waals surface area contributed by atoms with Gasteiger partial charge in [0, 0.05) is 30.9 Å². The van der Waals surface area contributed by atoms with Crippen LogP contribution < -0.4 is 10.6 Å². The average molecular weight is 304 g/mol. The first kappa shape index (κ1) is 16.3. The Labute approximate surface area is 130 Å². The lowest BCUT2D eigenvalue weighted by atomic mass is 10.2. The molecule has 22 heavy (non-hydrogen) atoms. The number of aromatic amines is 1. The van der Waals surface area contributed by atoms with Gasteiger partial charge in [0.25, 0.3) is 0 Å². The van der Waals surface area contributed by atoms with Crippen molar-refractivity contribution in [2.24, 2.45) is 0 Å². The second-order valence-electron chi connectivity index (χ2n) is 6.17. The molecular weight excluding hydrogens is 280 g/mol. The van der Waals surface area contributed by atoms with Crippen molar-refractivity contribution in [3.63, 3.8) is 0 Å². The van der Waals surface area contributed by atoms with Crippen LogP contribution in [0, 0.1) is 0 Å². The topological polar surface area (TPSA) is 79.0 Å². The Morgan fingerprint density at radius 2 is 2.18 bits per heavy atom. The fourth-order valence-electron chi connectivity index (χ4n) is 2.10. The maximum Gasteiger partial charge on any atom is 0.407 e. The lowest BCUT2D eigenvalue weighted by molar-refractivity contribution is 0.0527. The van der Waals surface area contributed by atoms with Gasteiger partial charge in [-0.15, -0.1) is 0 Å². The number of carbonyl (C=O) groups is 1. The SMILES string of the molecule is CC(C)(C)OC(=O)NCCCNCc1c[nH]c2ncccc12. The highest BCUT2D eigenvalue weighted by Gasteiger charge is 2.15. The number of aromatic nitrogens is 2. The maximum atomic E-state index is 11.5. The molecule has 0 atom stereocenters. The molecule has 1 amide bonds. The highest BCUT2D eigenvalue weighted by atomic mass is 16.6. The Morgan fingerprint density at radius 3 is 2.95 bits per heavy atom. The summed E-state index contributed by atoms with van der Waals surface area (Å²) in [5, 5.41) is 7.25. The number of nitrogens with zero attached hydrogens (tertiary/aromatic N) is 1. The Hall–Kier alpha value is -2.08. The molecule has 2 aromatic rings. The molecular formula is C16H24N4O2.